The number of nitrogens with one attached hydrogen (secondary N) is 1. The summed E-state index contributed by atoms with van der Waals surface area (Å²) in [6, 6.07) is 2.07. The zero-order valence-electron chi connectivity index (χ0n) is 6.02. The van der Waals surface area contributed by atoms with Crippen LogP contribution in [0.15, 0.2) is 23.1 Å². The van der Waals surface area contributed by atoms with E-state index in [2.05, 4.69) is 4.98 Å². The first kappa shape index (κ1) is 8.88. The molecule has 0 aromatic carbocycles. The van der Waals surface area contributed by atoms with Crippen LogP contribution in [0, 0.1) is 5.82 Å². The molecule has 0 aliphatic carbocycles. The summed E-state index contributed by atoms with van der Waals surface area (Å²) in [6.45, 7) is 4.00. The molecule has 0 radical (unpaired) electrons. The summed E-state index contributed by atoms with van der Waals surface area (Å²) in [5, 5.41) is 0. The average Bonchev–Trinajstić information content (AvgIpc) is 1.91. The van der Waals surface area contributed by atoms with Gasteiger partial charge in [-0.25, -0.2) is 4.39 Å². The van der Waals surface area contributed by atoms with Gasteiger partial charge in [0.15, 0.2) is 0 Å². The molecule has 0 saturated heterocycles. The molecule has 0 bridgehead atoms. The molecule has 0 atom stereocenters. The van der Waals surface area contributed by atoms with Gasteiger partial charge in [-0.2, -0.15) is 0 Å². The van der Waals surface area contributed by atoms with Gasteiger partial charge < -0.3 is 4.98 Å². The first-order valence-electron chi connectivity index (χ1n) is 3.13. The molecule has 0 fully saturated rings. The molecular formula is C7H10FNO. The van der Waals surface area contributed by atoms with Gasteiger partial charge in [0.05, 0.1) is 0 Å². The van der Waals surface area contributed by atoms with Crippen LogP contribution in [-0.4, -0.2) is 4.98 Å². The maximum absolute atomic E-state index is 11.9. The Kier molecular flexibility index (Phi) is 4.20. The van der Waals surface area contributed by atoms with E-state index in [1.54, 1.807) is 0 Å². The highest BCUT2D eigenvalue weighted by molar-refractivity contribution is 4.93. The second-order valence-electron chi connectivity index (χ2n) is 1.37. The molecule has 1 rings (SSSR count). The number of H-pyrrole nitrogens is 1. The summed E-state index contributed by atoms with van der Waals surface area (Å²) in [5.41, 5.74) is -0.412. The molecule has 1 aromatic rings. The predicted octanol–water partition coefficient (Wildman–Crippen LogP) is 1.54. The van der Waals surface area contributed by atoms with E-state index < -0.39 is 11.4 Å². The Balaban J connectivity index is 0.000000371. The fraction of sp³-hybridized carbons (Fsp3) is 0.286. The second kappa shape index (κ2) is 4.73. The number of halogens is 1. The minimum atomic E-state index is -0.506. The van der Waals surface area contributed by atoms with Gasteiger partial charge in [-0.15, -0.1) is 0 Å². The molecule has 1 N–H and O–H groups in total. The second-order valence-corrected chi connectivity index (χ2v) is 1.37. The van der Waals surface area contributed by atoms with Crippen LogP contribution in [0.5, 0.6) is 0 Å². The molecule has 0 spiro atoms. The monoisotopic (exact) mass is 143 g/mol. The van der Waals surface area contributed by atoms with E-state index in [1.807, 2.05) is 13.8 Å². The van der Waals surface area contributed by atoms with Gasteiger partial charge in [0, 0.05) is 12.3 Å². The zero-order chi connectivity index (χ0) is 7.98. The normalized spacial score (nSPS) is 7.90. The highest BCUT2D eigenvalue weighted by Gasteiger charge is 1.84. The summed E-state index contributed by atoms with van der Waals surface area (Å²) in [7, 11) is 0. The molecule has 0 saturated carbocycles. The summed E-state index contributed by atoms with van der Waals surface area (Å²) in [5.74, 6) is -0.506. The lowest BCUT2D eigenvalue weighted by Gasteiger charge is -1.80. The molecule has 1 aromatic heterocycles. The van der Waals surface area contributed by atoms with Crippen LogP contribution < -0.4 is 5.56 Å². The number of aromatic nitrogens is 1. The van der Waals surface area contributed by atoms with E-state index in [-0.39, 0.29) is 0 Å². The first-order chi connectivity index (χ1) is 4.79. The maximum Gasteiger partial charge on any atom is 0.250 e. The summed E-state index contributed by atoms with van der Waals surface area (Å²) in [6.07, 6.45) is 1.26. The fourth-order valence-corrected chi connectivity index (χ4v) is 0.418. The van der Waals surface area contributed by atoms with Gasteiger partial charge in [0.25, 0.3) is 5.56 Å². The molecule has 0 amide bonds. The molecular weight excluding hydrogens is 133 g/mol. The Hall–Kier alpha value is -1.12. The van der Waals surface area contributed by atoms with Crippen molar-refractivity contribution < 1.29 is 4.39 Å². The van der Waals surface area contributed by atoms with Crippen molar-refractivity contribution in [2.75, 3.05) is 0 Å². The third-order valence-electron chi connectivity index (χ3n) is 0.737. The lowest BCUT2D eigenvalue weighted by Crippen LogP contribution is -2.01. The smallest absolute Gasteiger partial charge is 0.250 e. The quantitative estimate of drug-likeness (QED) is 0.587. The van der Waals surface area contributed by atoms with Crippen LogP contribution in [-0.2, 0) is 0 Å². The van der Waals surface area contributed by atoms with Gasteiger partial charge in [0.1, 0.15) is 5.82 Å². The van der Waals surface area contributed by atoms with E-state index in [0.29, 0.717) is 0 Å². The van der Waals surface area contributed by atoms with Crippen molar-refractivity contribution in [3.8, 4) is 0 Å². The largest absolute Gasteiger partial charge is 0.329 e. The number of hydrogen-bond acceptors (Lipinski definition) is 1. The van der Waals surface area contributed by atoms with Gasteiger partial charge >= 0.3 is 0 Å². The molecule has 0 aliphatic heterocycles. The van der Waals surface area contributed by atoms with Crippen LogP contribution in [0.3, 0.4) is 0 Å². The minimum absolute atomic E-state index is 0.412. The minimum Gasteiger partial charge on any atom is -0.329 e. The standard InChI is InChI=1S/C5H4FNO.C2H6/c6-4-1-2-7-5(8)3-4;1-2/h1-3H,(H,7,8);1-2H3. The van der Waals surface area contributed by atoms with Gasteiger partial charge in [0.2, 0.25) is 0 Å². The van der Waals surface area contributed by atoms with E-state index >= 15 is 0 Å². The summed E-state index contributed by atoms with van der Waals surface area (Å²) in [4.78, 5) is 12.5. The van der Waals surface area contributed by atoms with Crippen LogP contribution >= 0.6 is 0 Å². The van der Waals surface area contributed by atoms with Crippen LogP contribution in [0.4, 0.5) is 4.39 Å². The molecule has 2 nitrogen and oxygen atoms in total. The van der Waals surface area contributed by atoms with Crippen LogP contribution in [0.25, 0.3) is 0 Å². The van der Waals surface area contributed by atoms with E-state index in [9.17, 15) is 9.18 Å². The number of pyridine rings is 1. The maximum atomic E-state index is 11.9. The van der Waals surface area contributed by atoms with Gasteiger partial charge in [-0.05, 0) is 6.07 Å². The molecule has 56 valence electrons. The zero-order valence-corrected chi connectivity index (χ0v) is 6.02. The topological polar surface area (TPSA) is 32.9 Å². The van der Waals surface area contributed by atoms with Crippen molar-refractivity contribution in [2.24, 2.45) is 0 Å². The summed E-state index contributed by atoms with van der Waals surface area (Å²) < 4.78 is 11.9. The van der Waals surface area contributed by atoms with E-state index in [4.69, 9.17) is 0 Å². The third-order valence-corrected chi connectivity index (χ3v) is 0.737. The Morgan fingerprint density at radius 1 is 1.50 bits per heavy atom. The van der Waals surface area contributed by atoms with Crippen molar-refractivity contribution in [2.45, 2.75) is 13.8 Å². The lowest BCUT2D eigenvalue weighted by molar-refractivity contribution is 0.623. The van der Waals surface area contributed by atoms with Crippen LogP contribution in [0.1, 0.15) is 13.8 Å². The van der Waals surface area contributed by atoms with Crippen LogP contribution in [0.2, 0.25) is 0 Å². The lowest BCUT2D eigenvalue weighted by atomic mass is 10.5. The van der Waals surface area contributed by atoms with Crippen molar-refractivity contribution >= 4 is 0 Å². The van der Waals surface area contributed by atoms with Crippen molar-refractivity contribution in [1.82, 2.24) is 4.98 Å². The predicted molar refractivity (Wildman–Crippen MR) is 38.4 cm³/mol. The highest BCUT2D eigenvalue weighted by atomic mass is 19.1. The SMILES string of the molecule is CC.O=c1cc(F)cc[nH]1. The Bertz CT molecular complexity index is 231. The molecule has 10 heavy (non-hydrogen) atoms. The van der Waals surface area contributed by atoms with Gasteiger partial charge in [-0.1, -0.05) is 13.8 Å². The molecule has 0 unspecified atom stereocenters. The Morgan fingerprint density at radius 3 is 2.40 bits per heavy atom. The van der Waals surface area contributed by atoms with Crippen molar-refractivity contribution in [3.63, 3.8) is 0 Å². The Labute approximate surface area is 58.7 Å². The fourth-order valence-electron chi connectivity index (χ4n) is 0.418. The van der Waals surface area contributed by atoms with Gasteiger partial charge in [-0.3, -0.25) is 4.79 Å². The number of hydrogen-bond donors (Lipinski definition) is 1. The number of aromatic amines is 1. The molecule has 3 heteroatoms. The van der Waals surface area contributed by atoms with E-state index in [1.165, 1.54) is 12.3 Å². The first-order valence-corrected chi connectivity index (χ1v) is 3.13. The average molecular weight is 143 g/mol. The summed E-state index contributed by atoms with van der Waals surface area (Å²) >= 11 is 0. The molecule has 0 aliphatic rings. The highest BCUT2D eigenvalue weighted by Crippen LogP contribution is 1.84. The number of rotatable bonds is 0. The van der Waals surface area contributed by atoms with E-state index in [0.717, 1.165) is 6.07 Å². The van der Waals surface area contributed by atoms with Crippen molar-refractivity contribution in [1.29, 1.82) is 0 Å². The Morgan fingerprint density at radius 2 is 2.10 bits per heavy atom. The van der Waals surface area contributed by atoms with Crippen molar-refractivity contribution in [3.05, 3.63) is 34.5 Å². The molecule has 1 heterocycles. The third kappa shape index (κ3) is 3.02.